The number of rotatable bonds is 2. The molecule has 0 aromatic heterocycles. The van der Waals surface area contributed by atoms with Crippen molar-refractivity contribution in [3.8, 4) is 0 Å². The fourth-order valence-corrected chi connectivity index (χ4v) is 3.60. The largest absolute Gasteiger partial charge is 0.396 e. The lowest BCUT2D eigenvalue weighted by Gasteiger charge is -2.36. The molecule has 0 aliphatic heterocycles. The monoisotopic (exact) mass is 210 g/mol. The number of hydrogen-bond acceptors (Lipinski definition) is 1. The molecule has 0 unspecified atom stereocenters. The van der Waals surface area contributed by atoms with Crippen LogP contribution in [0, 0.1) is 23.7 Å². The fraction of sp³-hybridized carbons (Fsp3) is 1.00. The second-order valence-corrected chi connectivity index (χ2v) is 5.98. The Labute approximate surface area is 94.3 Å². The average molecular weight is 210 g/mol. The van der Waals surface area contributed by atoms with Crippen LogP contribution in [-0.2, 0) is 0 Å². The van der Waals surface area contributed by atoms with Gasteiger partial charge in [0.25, 0.3) is 0 Å². The van der Waals surface area contributed by atoms with E-state index in [2.05, 4.69) is 6.92 Å². The Hall–Kier alpha value is -0.0400. The molecular weight excluding hydrogens is 184 g/mol. The van der Waals surface area contributed by atoms with Crippen molar-refractivity contribution in [3.05, 3.63) is 0 Å². The minimum absolute atomic E-state index is 0.425. The first-order chi connectivity index (χ1) is 7.29. The third-order valence-corrected chi connectivity index (χ3v) is 4.88. The van der Waals surface area contributed by atoms with Gasteiger partial charge in [-0.2, -0.15) is 0 Å². The quantitative estimate of drug-likeness (QED) is 0.738. The van der Waals surface area contributed by atoms with Gasteiger partial charge in [-0.15, -0.1) is 0 Å². The van der Waals surface area contributed by atoms with Gasteiger partial charge in [-0.1, -0.05) is 19.8 Å². The van der Waals surface area contributed by atoms with E-state index in [9.17, 15) is 0 Å². The van der Waals surface area contributed by atoms with Gasteiger partial charge in [0.05, 0.1) is 0 Å². The van der Waals surface area contributed by atoms with Crippen molar-refractivity contribution in [3.63, 3.8) is 0 Å². The van der Waals surface area contributed by atoms with Gasteiger partial charge in [0.2, 0.25) is 0 Å². The zero-order chi connectivity index (χ0) is 10.7. The molecule has 1 N–H and O–H groups in total. The Morgan fingerprint density at radius 2 is 1.27 bits per heavy atom. The Balaban J connectivity index is 1.75. The van der Waals surface area contributed by atoms with Crippen LogP contribution < -0.4 is 0 Å². The summed E-state index contributed by atoms with van der Waals surface area (Å²) in [5.74, 6) is 3.64. The lowest BCUT2D eigenvalue weighted by molar-refractivity contribution is 0.119. The molecule has 2 aliphatic carbocycles. The summed E-state index contributed by atoms with van der Waals surface area (Å²) in [5.41, 5.74) is 0. The molecule has 2 aliphatic rings. The average Bonchev–Trinajstić information content (AvgIpc) is 2.30. The molecule has 0 heterocycles. The van der Waals surface area contributed by atoms with Gasteiger partial charge in [0.15, 0.2) is 0 Å². The van der Waals surface area contributed by atoms with Gasteiger partial charge >= 0.3 is 0 Å². The van der Waals surface area contributed by atoms with Crippen molar-refractivity contribution in [2.45, 2.75) is 58.3 Å². The van der Waals surface area contributed by atoms with Crippen molar-refractivity contribution in [2.24, 2.45) is 23.7 Å². The molecule has 0 amide bonds. The van der Waals surface area contributed by atoms with E-state index >= 15 is 0 Å². The molecule has 0 aromatic carbocycles. The van der Waals surface area contributed by atoms with Crippen molar-refractivity contribution >= 4 is 0 Å². The van der Waals surface area contributed by atoms with E-state index in [1.165, 1.54) is 51.4 Å². The molecule has 2 rings (SSSR count). The van der Waals surface area contributed by atoms with Crippen LogP contribution in [-0.4, -0.2) is 11.7 Å². The molecule has 0 radical (unpaired) electrons. The van der Waals surface area contributed by atoms with Crippen LogP contribution in [0.25, 0.3) is 0 Å². The highest BCUT2D eigenvalue weighted by Crippen LogP contribution is 2.40. The molecule has 15 heavy (non-hydrogen) atoms. The van der Waals surface area contributed by atoms with E-state index in [0.29, 0.717) is 12.5 Å². The van der Waals surface area contributed by atoms with Gasteiger partial charge in [-0.3, -0.25) is 0 Å². The summed E-state index contributed by atoms with van der Waals surface area (Å²) in [6.07, 6.45) is 11.2. The minimum Gasteiger partial charge on any atom is -0.396 e. The second-order valence-electron chi connectivity index (χ2n) is 5.98. The van der Waals surface area contributed by atoms with E-state index in [1.807, 2.05) is 0 Å². The third kappa shape index (κ3) is 2.96. The Bertz CT molecular complexity index is 174. The number of hydrogen-bond donors (Lipinski definition) is 1. The van der Waals surface area contributed by atoms with Gasteiger partial charge in [-0.05, 0) is 62.2 Å². The first-order valence-corrected chi connectivity index (χ1v) is 6.90. The van der Waals surface area contributed by atoms with Crippen LogP contribution in [0.5, 0.6) is 0 Å². The van der Waals surface area contributed by atoms with E-state index in [0.717, 1.165) is 17.8 Å². The maximum absolute atomic E-state index is 9.12. The number of aliphatic hydroxyl groups excluding tert-OH is 1. The highest BCUT2D eigenvalue weighted by molar-refractivity contribution is 4.80. The van der Waals surface area contributed by atoms with Crippen LogP contribution in [0.2, 0.25) is 0 Å². The van der Waals surface area contributed by atoms with Crippen molar-refractivity contribution in [1.29, 1.82) is 0 Å². The molecule has 0 atom stereocenters. The summed E-state index contributed by atoms with van der Waals surface area (Å²) < 4.78 is 0. The van der Waals surface area contributed by atoms with Crippen LogP contribution in [0.3, 0.4) is 0 Å². The summed E-state index contributed by atoms with van der Waals surface area (Å²) >= 11 is 0. The normalized spacial score (nSPS) is 42.8. The molecule has 2 fully saturated rings. The summed E-state index contributed by atoms with van der Waals surface area (Å²) in [4.78, 5) is 0. The van der Waals surface area contributed by atoms with Crippen LogP contribution in [0.15, 0.2) is 0 Å². The number of aliphatic hydroxyl groups is 1. The maximum atomic E-state index is 9.12. The van der Waals surface area contributed by atoms with Crippen molar-refractivity contribution in [1.82, 2.24) is 0 Å². The third-order valence-electron chi connectivity index (χ3n) is 4.88. The highest BCUT2D eigenvalue weighted by atomic mass is 16.3. The van der Waals surface area contributed by atoms with Crippen LogP contribution >= 0.6 is 0 Å². The molecule has 0 aromatic rings. The molecule has 0 spiro atoms. The van der Waals surface area contributed by atoms with Crippen LogP contribution in [0.1, 0.15) is 58.3 Å². The predicted molar refractivity (Wildman–Crippen MR) is 63.7 cm³/mol. The van der Waals surface area contributed by atoms with Crippen molar-refractivity contribution in [2.75, 3.05) is 6.61 Å². The lowest BCUT2D eigenvalue weighted by atomic mass is 9.69. The Morgan fingerprint density at radius 1 is 0.800 bits per heavy atom. The van der Waals surface area contributed by atoms with E-state index in [-0.39, 0.29) is 0 Å². The fourth-order valence-electron chi connectivity index (χ4n) is 3.60. The molecule has 0 bridgehead atoms. The molecule has 1 heteroatoms. The van der Waals surface area contributed by atoms with E-state index in [1.54, 1.807) is 0 Å². The lowest BCUT2D eigenvalue weighted by Crippen LogP contribution is -2.26. The first kappa shape index (κ1) is 11.4. The van der Waals surface area contributed by atoms with Gasteiger partial charge < -0.3 is 5.11 Å². The zero-order valence-corrected chi connectivity index (χ0v) is 10.1. The highest BCUT2D eigenvalue weighted by Gasteiger charge is 2.29. The molecule has 2 saturated carbocycles. The topological polar surface area (TPSA) is 20.2 Å². The predicted octanol–water partition coefficient (Wildman–Crippen LogP) is 3.61. The molecule has 88 valence electrons. The maximum Gasteiger partial charge on any atom is 0.0459 e. The van der Waals surface area contributed by atoms with Crippen molar-refractivity contribution < 1.29 is 5.11 Å². The molecular formula is C14H26O. The summed E-state index contributed by atoms with van der Waals surface area (Å²) in [7, 11) is 0. The first-order valence-electron chi connectivity index (χ1n) is 6.90. The summed E-state index contributed by atoms with van der Waals surface area (Å²) in [6.45, 7) is 2.83. The standard InChI is InChI=1S/C14H26O/c1-11-2-6-13(7-3-11)14-8-4-12(10-15)5-9-14/h11-15H,2-10H2,1H3. The Kier molecular flexibility index (Phi) is 4.07. The SMILES string of the molecule is CC1CCC(C2CCC(CO)CC2)CC1. The van der Waals surface area contributed by atoms with Gasteiger partial charge in [-0.25, -0.2) is 0 Å². The van der Waals surface area contributed by atoms with E-state index in [4.69, 9.17) is 5.11 Å². The summed E-state index contributed by atoms with van der Waals surface area (Å²) in [6, 6.07) is 0. The van der Waals surface area contributed by atoms with Crippen LogP contribution in [0.4, 0.5) is 0 Å². The zero-order valence-electron chi connectivity index (χ0n) is 10.1. The van der Waals surface area contributed by atoms with Gasteiger partial charge in [0.1, 0.15) is 0 Å². The van der Waals surface area contributed by atoms with Gasteiger partial charge in [0, 0.05) is 6.61 Å². The van der Waals surface area contributed by atoms with E-state index < -0.39 is 0 Å². The minimum atomic E-state index is 0.425. The molecule has 0 saturated heterocycles. The summed E-state index contributed by atoms with van der Waals surface area (Å²) in [5, 5.41) is 9.12. The smallest absolute Gasteiger partial charge is 0.0459 e. The second kappa shape index (κ2) is 5.34. The Morgan fingerprint density at radius 3 is 1.73 bits per heavy atom. The molecule has 1 nitrogen and oxygen atoms in total.